The zero-order valence-corrected chi connectivity index (χ0v) is 16.6. The van der Waals surface area contributed by atoms with Crippen LogP contribution in [-0.4, -0.2) is 33.5 Å². The number of aromatic nitrogens is 5. The van der Waals surface area contributed by atoms with E-state index in [0.717, 1.165) is 28.1 Å². The number of hydrogen-bond acceptors (Lipinski definition) is 5. The molecule has 8 heteroatoms. The third kappa shape index (κ3) is 3.38. The summed E-state index contributed by atoms with van der Waals surface area (Å²) in [6, 6.07) is 13.8. The normalized spacial score (nSPS) is 11.3. The molecule has 29 heavy (non-hydrogen) atoms. The number of nitrogen functional groups attached to an aromatic ring is 1. The third-order valence-electron chi connectivity index (χ3n) is 4.75. The van der Waals surface area contributed by atoms with E-state index in [-0.39, 0.29) is 11.6 Å². The Bertz CT molecular complexity index is 1220. The van der Waals surface area contributed by atoms with Gasteiger partial charge < -0.3 is 10.5 Å². The molecule has 0 amide bonds. The number of nitrogens with zero attached hydrogens (tertiary/aromatic N) is 4. The van der Waals surface area contributed by atoms with Gasteiger partial charge in [0.25, 0.3) is 0 Å². The third-order valence-corrected chi connectivity index (χ3v) is 4.75. The maximum atomic E-state index is 12.9. The minimum atomic E-state index is -0.287. The highest BCUT2D eigenvalue weighted by Gasteiger charge is 2.25. The van der Waals surface area contributed by atoms with Crippen molar-refractivity contribution in [2.24, 2.45) is 0 Å². The Kier molecular flexibility index (Phi) is 4.85. The molecule has 0 aliphatic rings. The molecular formula is C21H23N6O2+. The maximum absolute atomic E-state index is 12.9. The highest BCUT2D eigenvalue weighted by atomic mass is 16.5. The predicted molar refractivity (Wildman–Crippen MR) is 110 cm³/mol. The van der Waals surface area contributed by atoms with Crippen molar-refractivity contribution in [1.29, 1.82) is 0 Å². The van der Waals surface area contributed by atoms with Crippen molar-refractivity contribution in [3.8, 4) is 22.4 Å². The van der Waals surface area contributed by atoms with Crippen LogP contribution in [0.4, 0.5) is 5.95 Å². The van der Waals surface area contributed by atoms with Gasteiger partial charge in [0.05, 0.1) is 12.2 Å². The largest absolute Gasteiger partial charge is 0.428 e. The second-order valence-corrected chi connectivity index (χ2v) is 6.92. The molecule has 3 aromatic heterocycles. The molecule has 0 saturated carbocycles. The van der Waals surface area contributed by atoms with E-state index in [4.69, 9.17) is 10.5 Å². The van der Waals surface area contributed by atoms with Crippen molar-refractivity contribution in [1.82, 2.24) is 19.7 Å². The molecule has 4 rings (SSSR count). The second kappa shape index (κ2) is 7.48. The van der Waals surface area contributed by atoms with E-state index in [1.54, 1.807) is 7.11 Å². The Morgan fingerprint density at radius 2 is 1.79 bits per heavy atom. The molecule has 0 saturated heterocycles. The topological polar surface area (TPSA) is 103 Å². The number of nitrogens with two attached hydrogens (primary N) is 1. The summed E-state index contributed by atoms with van der Waals surface area (Å²) >= 11 is 0. The van der Waals surface area contributed by atoms with Crippen molar-refractivity contribution in [2.45, 2.75) is 20.4 Å². The van der Waals surface area contributed by atoms with Crippen LogP contribution in [0.25, 0.3) is 28.0 Å². The van der Waals surface area contributed by atoms with E-state index in [0.29, 0.717) is 24.5 Å². The SMILES string of the molecule is COCCn1[nH]c2c(-c3cc(C)nc(C)c3)c(-c3ccccc3)nc(N)[n+]2c1=O. The number of anilines is 1. The van der Waals surface area contributed by atoms with Crippen LogP contribution in [0.5, 0.6) is 0 Å². The number of fused-ring (bicyclic) bond motifs is 1. The summed E-state index contributed by atoms with van der Waals surface area (Å²) < 4.78 is 8.01. The number of ether oxygens (including phenoxy) is 1. The molecule has 0 aliphatic heterocycles. The molecule has 4 aromatic rings. The molecule has 0 radical (unpaired) electrons. The molecule has 8 nitrogen and oxygen atoms in total. The van der Waals surface area contributed by atoms with Gasteiger partial charge in [-0.15, -0.1) is 9.38 Å². The van der Waals surface area contributed by atoms with Crippen molar-refractivity contribution >= 4 is 11.6 Å². The molecule has 3 heterocycles. The summed E-state index contributed by atoms with van der Waals surface area (Å²) in [5, 5.41) is 3.20. The first-order chi connectivity index (χ1) is 14.0. The average molecular weight is 391 g/mol. The van der Waals surface area contributed by atoms with Gasteiger partial charge in [-0.3, -0.25) is 4.98 Å². The summed E-state index contributed by atoms with van der Waals surface area (Å²) in [7, 11) is 1.60. The Morgan fingerprint density at radius 1 is 1.10 bits per heavy atom. The van der Waals surface area contributed by atoms with Crippen molar-refractivity contribution in [2.75, 3.05) is 19.5 Å². The van der Waals surface area contributed by atoms with Crippen LogP contribution < -0.4 is 15.8 Å². The van der Waals surface area contributed by atoms with Gasteiger partial charge in [-0.25, -0.2) is 9.89 Å². The first-order valence-electron chi connectivity index (χ1n) is 9.33. The molecule has 0 spiro atoms. The maximum Gasteiger partial charge on any atom is 0.428 e. The van der Waals surface area contributed by atoms with Crippen LogP contribution in [0.15, 0.2) is 47.3 Å². The fourth-order valence-corrected chi connectivity index (χ4v) is 3.55. The van der Waals surface area contributed by atoms with Gasteiger partial charge in [0.2, 0.25) is 5.65 Å². The van der Waals surface area contributed by atoms with E-state index in [2.05, 4.69) is 15.1 Å². The van der Waals surface area contributed by atoms with Gasteiger partial charge in [-0.1, -0.05) is 30.3 Å². The summed E-state index contributed by atoms with van der Waals surface area (Å²) in [5.41, 5.74) is 11.6. The highest BCUT2D eigenvalue weighted by molar-refractivity contribution is 5.88. The number of hydrogen-bond donors (Lipinski definition) is 2. The lowest BCUT2D eigenvalue weighted by atomic mass is 9.99. The minimum absolute atomic E-state index is 0.127. The van der Waals surface area contributed by atoms with Gasteiger partial charge in [0, 0.05) is 24.1 Å². The lowest BCUT2D eigenvalue weighted by Crippen LogP contribution is -2.44. The number of H-pyrrole nitrogens is 1. The number of methoxy groups -OCH3 is 1. The molecule has 0 atom stereocenters. The number of nitrogens with one attached hydrogen (secondary N) is 1. The summed E-state index contributed by atoms with van der Waals surface area (Å²) in [4.78, 5) is 22.0. The van der Waals surface area contributed by atoms with Gasteiger partial charge in [0.15, 0.2) is 0 Å². The summed E-state index contributed by atoms with van der Waals surface area (Å²) in [6.45, 7) is 4.67. The number of rotatable bonds is 5. The van der Waals surface area contributed by atoms with Crippen molar-refractivity contribution < 1.29 is 9.14 Å². The van der Waals surface area contributed by atoms with Crippen LogP contribution in [0.2, 0.25) is 0 Å². The van der Waals surface area contributed by atoms with E-state index in [1.165, 1.54) is 9.08 Å². The summed E-state index contributed by atoms with van der Waals surface area (Å²) in [5.74, 6) is 0.127. The van der Waals surface area contributed by atoms with Crippen molar-refractivity contribution in [3.05, 3.63) is 64.3 Å². The molecule has 0 aliphatic carbocycles. The molecule has 1 aromatic carbocycles. The van der Waals surface area contributed by atoms with Crippen LogP contribution >= 0.6 is 0 Å². The highest BCUT2D eigenvalue weighted by Crippen LogP contribution is 2.33. The fourth-order valence-electron chi connectivity index (χ4n) is 3.55. The predicted octanol–water partition coefficient (Wildman–Crippen LogP) is 1.88. The van der Waals surface area contributed by atoms with Gasteiger partial charge in [-0.05, 0) is 31.5 Å². The van der Waals surface area contributed by atoms with Crippen LogP contribution in [0.1, 0.15) is 11.4 Å². The number of aromatic amines is 1. The molecule has 3 N–H and O–H groups in total. The Labute approximate surface area is 167 Å². The van der Waals surface area contributed by atoms with Gasteiger partial charge >= 0.3 is 11.6 Å². The van der Waals surface area contributed by atoms with Crippen LogP contribution in [0, 0.1) is 13.8 Å². The van der Waals surface area contributed by atoms with E-state index < -0.39 is 0 Å². The van der Waals surface area contributed by atoms with Crippen molar-refractivity contribution in [3.63, 3.8) is 0 Å². The van der Waals surface area contributed by atoms with Crippen LogP contribution in [0.3, 0.4) is 0 Å². The Morgan fingerprint density at radius 3 is 2.45 bits per heavy atom. The second-order valence-electron chi connectivity index (χ2n) is 6.92. The lowest BCUT2D eigenvalue weighted by molar-refractivity contribution is -0.516. The average Bonchev–Trinajstić information content (AvgIpc) is 3.03. The zero-order valence-electron chi connectivity index (χ0n) is 16.6. The van der Waals surface area contributed by atoms with E-state index in [1.807, 2.05) is 56.3 Å². The smallest absolute Gasteiger partial charge is 0.382 e. The standard InChI is InChI=1S/C21H22N6O2/c1-13-11-16(12-14(2)23-13)17-18(15-7-5-4-6-8-15)24-20(22)27-19(17)25-26(21(27)28)9-10-29-3/h4-8,11-12H,9-10H2,1-3H3,(H2,22,23,24,25)/p+1. The first-order valence-corrected chi connectivity index (χ1v) is 9.33. The number of benzene rings is 1. The molecule has 0 bridgehead atoms. The zero-order chi connectivity index (χ0) is 20.5. The molecule has 0 fully saturated rings. The number of pyridine rings is 1. The summed E-state index contributed by atoms with van der Waals surface area (Å²) in [6.07, 6.45) is 0. The van der Waals surface area contributed by atoms with E-state index in [9.17, 15) is 4.79 Å². The Hall–Kier alpha value is -3.52. The van der Waals surface area contributed by atoms with Crippen LogP contribution in [-0.2, 0) is 11.3 Å². The van der Waals surface area contributed by atoms with Gasteiger partial charge in [-0.2, -0.15) is 4.68 Å². The minimum Gasteiger partial charge on any atom is -0.382 e. The fraction of sp³-hybridized carbons (Fsp3) is 0.238. The lowest BCUT2D eigenvalue weighted by Gasteiger charge is -2.10. The first kappa shape index (κ1) is 18.8. The monoisotopic (exact) mass is 391 g/mol. The van der Waals surface area contributed by atoms with Gasteiger partial charge in [0.1, 0.15) is 12.2 Å². The Balaban J connectivity index is 2.11. The number of aryl methyl sites for hydroxylation is 2. The molecule has 148 valence electrons. The molecular weight excluding hydrogens is 368 g/mol. The quantitative estimate of drug-likeness (QED) is 0.506. The molecule has 0 unspecified atom stereocenters. The van der Waals surface area contributed by atoms with E-state index >= 15 is 0 Å².